The van der Waals surface area contributed by atoms with Gasteiger partial charge >= 0.3 is 12.0 Å². The van der Waals surface area contributed by atoms with E-state index in [9.17, 15) is 19.2 Å². The molecule has 5 fully saturated rings. The summed E-state index contributed by atoms with van der Waals surface area (Å²) < 4.78 is 5.04. The van der Waals surface area contributed by atoms with Crippen LogP contribution in [0.4, 0.5) is 4.79 Å². The molecule has 1 heterocycles. The molecule has 0 aromatic heterocycles. The third-order valence-corrected chi connectivity index (χ3v) is 6.89. The van der Waals surface area contributed by atoms with E-state index in [1.54, 1.807) is 4.90 Å². The van der Waals surface area contributed by atoms with Gasteiger partial charge < -0.3 is 15.4 Å². The van der Waals surface area contributed by atoms with E-state index < -0.39 is 30.6 Å². The van der Waals surface area contributed by atoms with E-state index in [0.717, 1.165) is 25.7 Å². The van der Waals surface area contributed by atoms with Crippen LogP contribution in [0.25, 0.3) is 0 Å². The lowest BCUT2D eigenvalue weighted by Crippen LogP contribution is -2.56. The summed E-state index contributed by atoms with van der Waals surface area (Å²) in [5, 5.41) is 1.85. The molecule has 0 unspecified atom stereocenters. The first-order chi connectivity index (χ1) is 12.9. The van der Waals surface area contributed by atoms with Crippen molar-refractivity contribution < 1.29 is 23.9 Å². The Kier molecular flexibility index (Phi) is 4.60. The van der Waals surface area contributed by atoms with Crippen molar-refractivity contribution in [1.82, 2.24) is 10.2 Å². The maximum absolute atomic E-state index is 13.5. The van der Waals surface area contributed by atoms with E-state index in [4.69, 9.17) is 10.5 Å². The number of nitrogens with zero attached hydrogens (tertiary/aromatic N) is 1. The maximum Gasteiger partial charge on any atom is 0.329 e. The third kappa shape index (κ3) is 3.41. The van der Waals surface area contributed by atoms with Gasteiger partial charge in [0.05, 0.1) is 5.41 Å². The molecule has 4 saturated carbocycles. The van der Waals surface area contributed by atoms with Crippen LogP contribution < -0.4 is 11.1 Å². The molecule has 148 valence electrons. The van der Waals surface area contributed by atoms with Gasteiger partial charge in [-0.3, -0.25) is 14.9 Å². The molecule has 5 rings (SSSR count). The number of imide groups is 1. The van der Waals surface area contributed by atoms with Gasteiger partial charge in [0.25, 0.3) is 5.91 Å². The smallest absolute Gasteiger partial charge is 0.329 e. The molecule has 0 aromatic rings. The molecule has 1 saturated heterocycles. The van der Waals surface area contributed by atoms with E-state index >= 15 is 0 Å². The highest BCUT2D eigenvalue weighted by Gasteiger charge is 2.56. The SMILES string of the molecule is NC(=O)NC(=O)COC(=O)[C@@H]1CCCN1C(=O)C12CC3CC(CC(C3)C1)C2. The highest BCUT2D eigenvalue weighted by molar-refractivity contribution is 5.95. The van der Waals surface area contributed by atoms with Crippen molar-refractivity contribution in [3.63, 3.8) is 0 Å². The average Bonchev–Trinajstić information content (AvgIpc) is 3.06. The molecule has 4 bridgehead atoms. The largest absolute Gasteiger partial charge is 0.454 e. The summed E-state index contributed by atoms with van der Waals surface area (Å²) in [7, 11) is 0. The molecular weight excluding hydrogens is 350 g/mol. The Morgan fingerprint density at radius 1 is 1.04 bits per heavy atom. The van der Waals surface area contributed by atoms with E-state index in [0.29, 0.717) is 30.7 Å². The Balaban J connectivity index is 1.41. The molecule has 1 aliphatic heterocycles. The van der Waals surface area contributed by atoms with Gasteiger partial charge in [-0.1, -0.05) is 0 Å². The summed E-state index contributed by atoms with van der Waals surface area (Å²) in [4.78, 5) is 49.7. The van der Waals surface area contributed by atoms with Crippen molar-refractivity contribution in [2.75, 3.05) is 13.2 Å². The fraction of sp³-hybridized carbons (Fsp3) is 0.789. The lowest BCUT2D eigenvalue weighted by Gasteiger charge is -2.56. The second-order valence-corrected chi connectivity index (χ2v) is 8.87. The number of rotatable bonds is 4. The number of ether oxygens (including phenoxy) is 1. The number of primary amides is 1. The number of nitrogens with two attached hydrogens (primary N) is 1. The van der Waals surface area contributed by atoms with Crippen LogP contribution in [-0.4, -0.2) is 47.9 Å². The topological polar surface area (TPSA) is 119 Å². The summed E-state index contributed by atoms with van der Waals surface area (Å²) in [6.07, 6.45) is 7.94. The van der Waals surface area contributed by atoms with E-state index in [2.05, 4.69) is 0 Å². The van der Waals surface area contributed by atoms with Gasteiger partial charge in [0, 0.05) is 6.54 Å². The predicted octanol–water partition coefficient (Wildman–Crippen LogP) is 0.932. The molecule has 4 amide bonds. The predicted molar refractivity (Wildman–Crippen MR) is 94.0 cm³/mol. The summed E-state index contributed by atoms with van der Waals surface area (Å²) in [6.45, 7) is -0.00843. The monoisotopic (exact) mass is 377 g/mol. The first kappa shape index (κ1) is 18.3. The van der Waals surface area contributed by atoms with Crippen LogP contribution in [0.3, 0.4) is 0 Å². The molecule has 4 aliphatic carbocycles. The Hall–Kier alpha value is -2.12. The standard InChI is InChI=1S/C19H27N3O5/c20-18(26)21-15(23)10-27-16(24)14-2-1-3-22(14)17(25)19-7-11-4-12(8-19)6-13(5-11)9-19/h11-14H,1-10H2,(H3,20,21,23,26)/t11?,12?,13?,14-,19?/m0/s1. The van der Waals surface area contributed by atoms with E-state index in [-0.39, 0.29) is 11.3 Å². The summed E-state index contributed by atoms with van der Waals surface area (Å²) >= 11 is 0. The Morgan fingerprint density at radius 3 is 2.19 bits per heavy atom. The fourth-order valence-corrected chi connectivity index (χ4v) is 6.34. The van der Waals surface area contributed by atoms with E-state index in [1.807, 2.05) is 5.32 Å². The number of urea groups is 1. The van der Waals surface area contributed by atoms with Gasteiger partial charge in [-0.2, -0.15) is 0 Å². The van der Waals surface area contributed by atoms with Crippen molar-refractivity contribution in [2.24, 2.45) is 28.9 Å². The van der Waals surface area contributed by atoms with Gasteiger partial charge in [-0.05, 0) is 69.1 Å². The normalized spacial score (nSPS) is 36.5. The number of carbonyl (C=O) groups is 4. The molecule has 8 nitrogen and oxygen atoms in total. The minimum atomic E-state index is -0.990. The number of amides is 4. The molecule has 3 N–H and O–H groups in total. The number of nitrogens with one attached hydrogen (secondary N) is 1. The van der Waals surface area contributed by atoms with Gasteiger partial charge in [0.2, 0.25) is 5.91 Å². The molecule has 5 aliphatic rings. The first-order valence-corrected chi connectivity index (χ1v) is 9.93. The van der Waals surface area contributed by atoms with Crippen LogP contribution in [0.5, 0.6) is 0 Å². The van der Waals surface area contributed by atoms with Gasteiger partial charge in [-0.25, -0.2) is 9.59 Å². The highest BCUT2D eigenvalue weighted by atomic mass is 16.5. The zero-order chi connectivity index (χ0) is 19.2. The highest BCUT2D eigenvalue weighted by Crippen LogP contribution is 2.60. The second kappa shape index (κ2) is 6.80. The molecule has 27 heavy (non-hydrogen) atoms. The molecule has 0 spiro atoms. The fourth-order valence-electron chi connectivity index (χ4n) is 6.34. The Bertz CT molecular complexity index is 641. The maximum atomic E-state index is 13.5. The number of esters is 1. The minimum Gasteiger partial charge on any atom is -0.454 e. The zero-order valence-electron chi connectivity index (χ0n) is 15.4. The van der Waals surface area contributed by atoms with Crippen LogP contribution in [0.2, 0.25) is 0 Å². The number of hydrogen-bond donors (Lipinski definition) is 2. The van der Waals surface area contributed by atoms with Crippen molar-refractivity contribution in [2.45, 2.75) is 57.4 Å². The molecule has 8 heteroatoms. The first-order valence-electron chi connectivity index (χ1n) is 9.93. The molecule has 0 radical (unpaired) electrons. The van der Waals surface area contributed by atoms with Crippen LogP contribution >= 0.6 is 0 Å². The van der Waals surface area contributed by atoms with Crippen LogP contribution in [0.1, 0.15) is 51.4 Å². The lowest BCUT2D eigenvalue weighted by atomic mass is 9.49. The van der Waals surface area contributed by atoms with Crippen molar-refractivity contribution in [3.8, 4) is 0 Å². The van der Waals surface area contributed by atoms with Gasteiger partial charge in [0.15, 0.2) is 6.61 Å². The van der Waals surface area contributed by atoms with Crippen LogP contribution in [0.15, 0.2) is 0 Å². The zero-order valence-corrected chi connectivity index (χ0v) is 15.4. The summed E-state index contributed by atoms with van der Waals surface area (Å²) in [5.41, 5.74) is 4.57. The Morgan fingerprint density at radius 2 is 1.63 bits per heavy atom. The molecule has 0 aromatic carbocycles. The van der Waals surface area contributed by atoms with Crippen LogP contribution in [-0.2, 0) is 19.1 Å². The van der Waals surface area contributed by atoms with Gasteiger partial charge in [-0.15, -0.1) is 0 Å². The summed E-state index contributed by atoms with van der Waals surface area (Å²) in [6, 6.07) is -1.62. The lowest BCUT2D eigenvalue weighted by molar-refractivity contribution is -0.166. The van der Waals surface area contributed by atoms with E-state index in [1.165, 1.54) is 19.3 Å². The number of likely N-dealkylation sites (tertiary alicyclic amines) is 1. The average molecular weight is 377 g/mol. The quantitative estimate of drug-likeness (QED) is 0.707. The van der Waals surface area contributed by atoms with Gasteiger partial charge in [0.1, 0.15) is 6.04 Å². The minimum absolute atomic E-state index is 0.114. The van der Waals surface area contributed by atoms with Crippen LogP contribution in [0, 0.1) is 23.2 Å². The molecule has 1 atom stereocenters. The number of hydrogen-bond acceptors (Lipinski definition) is 5. The van der Waals surface area contributed by atoms with Crippen molar-refractivity contribution in [3.05, 3.63) is 0 Å². The second-order valence-electron chi connectivity index (χ2n) is 8.87. The van der Waals surface area contributed by atoms with Crippen molar-refractivity contribution >= 4 is 23.8 Å². The van der Waals surface area contributed by atoms with Crippen molar-refractivity contribution in [1.29, 1.82) is 0 Å². The number of carbonyl (C=O) groups excluding carboxylic acids is 4. The third-order valence-electron chi connectivity index (χ3n) is 6.89. The molecular formula is C19H27N3O5. The Labute approximate surface area is 158 Å². The summed E-state index contributed by atoms with van der Waals surface area (Å²) in [5.74, 6) is 0.739.